The minimum absolute atomic E-state index is 0.0561. The Morgan fingerprint density at radius 2 is 2.28 bits per heavy atom. The zero-order valence-corrected chi connectivity index (χ0v) is 10.4. The highest BCUT2D eigenvalue weighted by molar-refractivity contribution is 7.89. The lowest BCUT2D eigenvalue weighted by atomic mass is 10.4. The smallest absolute Gasteiger partial charge is 0.306 e. The van der Waals surface area contributed by atoms with Crippen molar-refractivity contribution < 1.29 is 17.9 Å². The minimum Gasteiger partial charge on any atom is -0.469 e. The Balaban J connectivity index is 2.68. The van der Waals surface area contributed by atoms with Crippen molar-refractivity contribution in [1.29, 1.82) is 5.26 Å². The summed E-state index contributed by atoms with van der Waals surface area (Å²) in [6, 6.07) is 4.35. The molecule has 0 aliphatic rings. The number of hydrogen-bond donors (Lipinski definition) is 1. The summed E-state index contributed by atoms with van der Waals surface area (Å²) < 4.78 is 30.0. The predicted molar refractivity (Wildman–Crippen MR) is 60.8 cm³/mol. The summed E-state index contributed by atoms with van der Waals surface area (Å²) in [5.74, 6) is -0.504. The number of esters is 1. The molecule has 0 spiro atoms. The van der Waals surface area contributed by atoms with Crippen molar-refractivity contribution in [3.8, 4) is 6.07 Å². The fourth-order valence-corrected chi connectivity index (χ4v) is 2.05. The third-order valence-electron chi connectivity index (χ3n) is 2.01. The van der Waals surface area contributed by atoms with Gasteiger partial charge in [0.05, 0.1) is 13.5 Å². The number of nitrogens with one attached hydrogen (secondary N) is 1. The van der Waals surface area contributed by atoms with Crippen LogP contribution in [0, 0.1) is 11.3 Å². The number of nitriles is 1. The maximum Gasteiger partial charge on any atom is 0.306 e. The number of rotatable bonds is 5. The van der Waals surface area contributed by atoms with Crippen LogP contribution in [0.25, 0.3) is 0 Å². The molecular formula is C10H11N3O4S. The lowest BCUT2D eigenvalue weighted by molar-refractivity contribution is -0.140. The molecule has 0 radical (unpaired) electrons. The van der Waals surface area contributed by atoms with Gasteiger partial charge in [-0.2, -0.15) is 5.26 Å². The zero-order valence-electron chi connectivity index (χ0n) is 9.58. The van der Waals surface area contributed by atoms with Gasteiger partial charge in [0.2, 0.25) is 10.0 Å². The second-order valence-corrected chi connectivity index (χ2v) is 4.98. The molecular weight excluding hydrogens is 258 g/mol. The van der Waals surface area contributed by atoms with E-state index in [0.29, 0.717) is 0 Å². The van der Waals surface area contributed by atoms with Gasteiger partial charge in [0.25, 0.3) is 0 Å². The van der Waals surface area contributed by atoms with E-state index in [0.717, 1.165) is 6.20 Å². The highest BCUT2D eigenvalue weighted by Crippen LogP contribution is 2.07. The van der Waals surface area contributed by atoms with E-state index in [-0.39, 0.29) is 23.6 Å². The van der Waals surface area contributed by atoms with Crippen LogP contribution < -0.4 is 4.72 Å². The van der Waals surface area contributed by atoms with E-state index in [1.165, 1.54) is 19.2 Å². The molecule has 0 unspecified atom stereocenters. The van der Waals surface area contributed by atoms with Crippen molar-refractivity contribution in [1.82, 2.24) is 9.71 Å². The molecule has 1 aromatic rings. The van der Waals surface area contributed by atoms with Gasteiger partial charge in [0.15, 0.2) is 0 Å². The van der Waals surface area contributed by atoms with Crippen LogP contribution in [0.4, 0.5) is 0 Å². The van der Waals surface area contributed by atoms with Gasteiger partial charge in [-0.25, -0.2) is 18.1 Å². The van der Waals surface area contributed by atoms with Crippen LogP contribution in [0.2, 0.25) is 0 Å². The first-order valence-electron chi connectivity index (χ1n) is 4.92. The standard InChI is InChI=1S/C10H11N3O4S/c1-17-10(14)4-5-13-18(15,16)9-3-2-8(6-11)12-7-9/h2-3,7,13H,4-5H2,1H3. The van der Waals surface area contributed by atoms with Crippen LogP contribution in [0.1, 0.15) is 12.1 Å². The molecule has 0 aliphatic heterocycles. The van der Waals surface area contributed by atoms with E-state index in [1.54, 1.807) is 6.07 Å². The molecule has 0 amide bonds. The second kappa shape index (κ2) is 6.09. The summed E-state index contributed by atoms with van der Waals surface area (Å²) >= 11 is 0. The SMILES string of the molecule is COC(=O)CCNS(=O)(=O)c1ccc(C#N)nc1. The van der Waals surface area contributed by atoms with E-state index in [9.17, 15) is 13.2 Å². The van der Waals surface area contributed by atoms with Crippen molar-refractivity contribution in [3.05, 3.63) is 24.0 Å². The Labute approximate surface area is 104 Å². The predicted octanol–water partition coefficient (Wildman–Crippen LogP) is -0.205. The Hall–Kier alpha value is -1.98. The van der Waals surface area contributed by atoms with Crippen LogP contribution in [-0.4, -0.2) is 33.0 Å². The number of carbonyl (C=O) groups is 1. The largest absolute Gasteiger partial charge is 0.469 e. The van der Waals surface area contributed by atoms with Gasteiger partial charge in [0.1, 0.15) is 16.7 Å². The van der Waals surface area contributed by atoms with Crippen molar-refractivity contribution in [3.63, 3.8) is 0 Å². The van der Waals surface area contributed by atoms with Crippen molar-refractivity contribution >= 4 is 16.0 Å². The average molecular weight is 269 g/mol. The summed E-state index contributed by atoms with van der Waals surface area (Å²) in [6.07, 6.45) is 1.03. The summed E-state index contributed by atoms with van der Waals surface area (Å²) in [5, 5.41) is 8.53. The first-order chi connectivity index (χ1) is 8.49. The Morgan fingerprint density at radius 1 is 1.56 bits per heavy atom. The van der Waals surface area contributed by atoms with Crippen LogP contribution in [0.5, 0.6) is 0 Å². The summed E-state index contributed by atoms with van der Waals surface area (Å²) in [6.45, 7) is -0.0605. The lowest BCUT2D eigenvalue weighted by Gasteiger charge is -2.05. The van der Waals surface area contributed by atoms with Crippen molar-refractivity contribution in [2.45, 2.75) is 11.3 Å². The highest BCUT2D eigenvalue weighted by Gasteiger charge is 2.14. The monoisotopic (exact) mass is 269 g/mol. The Bertz CT molecular complexity index is 560. The van der Waals surface area contributed by atoms with E-state index in [2.05, 4.69) is 14.4 Å². The average Bonchev–Trinajstić information content (AvgIpc) is 2.38. The first kappa shape index (κ1) is 14.1. The number of hydrogen-bond acceptors (Lipinski definition) is 6. The van der Waals surface area contributed by atoms with Gasteiger partial charge < -0.3 is 4.74 Å². The molecule has 0 atom stereocenters. The van der Waals surface area contributed by atoms with Gasteiger partial charge in [-0.1, -0.05) is 0 Å². The molecule has 0 saturated carbocycles. The molecule has 0 aromatic carbocycles. The summed E-state index contributed by atoms with van der Waals surface area (Å²) in [4.78, 5) is 14.4. The number of ether oxygens (including phenoxy) is 1. The van der Waals surface area contributed by atoms with Crippen LogP contribution in [-0.2, 0) is 19.6 Å². The molecule has 1 rings (SSSR count). The molecule has 1 heterocycles. The first-order valence-corrected chi connectivity index (χ1v) is 6.40. The van der Waals surface area contributed by atoms with E-state index < -0.39 is 16.0 Å². The number of carbonyl (C=O) groups excluding carboxylic acids is 1. The third-order valence-corrected chi connectivity index (χ3v) is 3.46. The number of pyridine rings is 1. The van der Waals surface area contributed by atoms with E-state index >= 15 is 0 Å². The fourth-order valence-electron chi connectivity index (χ4n) is 1.08. The molecule has 7 nitrogen and oxygen atoms in total. The molecule has 1 aromatic heterocycles. The maximum atomic E-state index is 11.7. The number of methoxy groups -OCH3 is 1. The molecule has 8 heteroatoms. The van der Waals surface area contributed by atoms with E-state index in [4.69, 9.17) is 5.26 Å². The Kier molecular flexibility index (Phi) is 4.76. The summed E-state index contributed by atoms with van der Waals surface area (Å²) in [7, 11) is -2.50. The quantitative estimate of drug-likeness (QED) is 0.741. The van der Waals surface area contributed by atoms with Crippen LogP contribution in [0.15, 0.2) is 23.2 Å². The van der Waals surface area contributed by atoms with E-state index in [1.807, 2.05) is 0 Å². The normalized spacial score (nSPS) is 10.7. The van der Waals surface area contributed by atoms with Gasteiger partial charge in [-0.3, -0.25) is 4.79 Å². The number of nitrogens with zero attached hydrogens (tertiary/aromatic N) is 2. The maximum absolute atomic E-state index is 11.7. The molecule has 18 heavy (non-hydrogen) atoms. The lowest BCUT2D eigenvalue weighted by Crippen LogP contribution is -2.26. The summed E-state index contributed by atoms with van der Waals surface area (Å²) in [5.41, 5.74) is 0.128. The van der Waals surface area contributed by atoms with Crippen molar-refractivity contribution in [2.24, 2.45) is 0 Å². The van der Waals surface area contributed by atoms with Gasteiger partial charge in [0, 0.05) is 12.7 Å². The van der Waals surface area contributed by atoms with Crippen LogP contribution in [0.3, 0.4) is 0 Å². The fraction of sp³-hybridized carbons (Fsp3) is 0.300. The van der Waals surface area contributed by atoms with Crippen LogP contribution >= 0.6 is 0 Å². The number of sulfonamides is 1. The van der Waals surface area contributed by atoms with Crippen molar-refractivity contribution in [2.75, 3.05) is 13.7 Å². The van der Waals surface area contributed by atoms with Gasteiger partial charge >= 0.3 is 5.97 Å². The molecule has 96 valence electrons. The molecule has 0 fully saturated rings. The van der Waals surface area contributed by atoms with Gasteiger partial charge in [-0.05, 0) is 12.1 Å². The highest BCUT2D eigenvalue weighted by atomic mass is 32.2. The zero-order chi connectivity index (χ0) is 13.6. The molecule has 0 bridgehead atoms. The molecule has 1 N–H and O–H groups in total. The third kappa shape index (κ3) is 3.80. The molecule has 0 saturated heterocycles. The Morgan fingerprint density at radius 3 is 2.78 bits per heavy atom. The topological polar surface area (TPSA) is 109 Å². The van der Waals surface area contributed by atoms with Gasteiger partial charge in [-0.15, -0.1) is 0 Å². The minimum atomic E-state index is -3.72. The number of aromatic nitrogens is 1. The second-order valence-electron chi connectivity index (χ2n) is 3.21. The molecule has 0 aliphatic carbocycles.